The first kappa shape index (κ1) is 126. The van der Waals surface area contributed by atoms with Crippen molar-refractivity contribution < 1.29 is 0 Å². The van der Waals surface area contributed by atoms with Gasteiger partial charge in [0.1, 0.15) is 0 Å². The molecule has 0 heteroatoms. The molecular weight excluding hydrogens is 1300 g/mol. The predicted octanol–water partition coefficient (Wildman–Crippen LogP) is 41.8. The molecule has 0 nitrogen and oxygen atoms in total. The maximum Gasteiger partial charge on any atom is -0.0354 e. The summed E-state index contributed by atoms with van der Waals surface area (Å²) in [5.41, 5.74) is 4.61. The van der Waals surface area contributed by atoms with Gasteiger partial charge in [-0.05, 0) is 134 Å². The largest absolute Gasteiger partial charge is 0.0654 e. The van der Waals surface area contributed by atoms with Crippen LogP contribution in [0.15, 0.2) is 0 Å². The summed E-state index contributed by atoms with van der Waals surface area (Å²) >= 11 is 0. The van der Waals surface area contributed by atoms with E-state index in [9.17, 15) is 0 Å². The van der Waals surface area contributed by atoms with Crippen molar-refractivity contribution in [2.75, 3.05) is 0 Å². The molecule has 0 aliphatic carbocycles. The lowest BCUT2D eigenvalue weighted by molar-refractivity contribution is 0.201. The van der Waals surface area contributed by atoms with Crippen LogP contribution in [0.3, 0.4) is 0 Å². The monoisotopic (exact) mass is 1530 g/mol. The Balaban J connectivity index is -0.000000148. The van der Waals surface area contributed by atoms with Gasteiger partial charge < -0.3 is 0 Å². The summed E-state index contributed by atoms with van der Waals surface area (Å²) in [5, 5.41) is 0. The fraction of sp³-hybridized carbons (Fsp3) is 1.00. The number of unbranched alkanes of at least 4 members (excludes halogenated alkanes) is 20. The lowest BCUT2D eigenvalue weighted by Gasteiger charge is -2.31. The lowest BCUT2D eigenvalue weighted by Crippen LogP contribution is -2.20. The summed E-state index contributed by atoms with van der Waals surface area (Å²) in [6.45, 7) is 105. The fourth-order valence-electron chi connectivity index (χ4n) is 13.9. The van der Waals surface area contributed by atoms with Gasteiger partial charge in [-0.15, -0.1) is 0 Å². The fourth-order valence-corrected chi connectivity index (χ4v) is 13.9. The quantitative estimate of drug-likeness (QED) is 0.0533. The van der Waals surface area contributed by atoms with E-state index in [-0.39, 0.29) is 0 Å². The molecule has 0 amide bonds. The van der Waals surface area contributed by atoms with Gasteiger partial charge in [0.05, 0.1) is 0 Å². The van der Waals surface area contributed by atoms with Crippen molar-refractivity contribution in [1.29, 1.82) is 0 Å². The molecule has 0 aliphatic rings. The van der Waals surface area contributed by atoms with Crippen LogP contribution >= 0.6 is 0 Å². The van der Waals surface area contributed by atoms with Crippen molar-refractivity contribution in [3.05, 3.63) is 0 Å². The molecular formula is C108H234. The molecule has 0 spiro atoms. The number of hydrogen-bond acceptors (Lipinski definition) is 0. The minimum absolute atomic E-state index is 0.506. The molecule has 0 radical (unpaired) electrons. The molecule has 0 bridgehead atoms. The smallest absolute Gasteiger partial charge is 0.0354 e. The first-order valence-electron chi connectivity index (χ1n) is 49.4. The van der Waals surface area contributed by atoms with Gasteiger partial charge in [0.25, 0.3) is 0 Å². The standard InChI is InChI=1S/C21H44.C14H30.2C12H26.2C11H24.C10H22.C9H20.C8H18/c1-6-8-10-12-14-16-18-20(21(3,4)5)19-17-15-13-11-9-7-2;1-6-8-10-13(11-9-7-2)12-14(3,4)5;1-6-7-8-9-10-11(2)12(3,4)5;1-6-8-9-11(7-2)10-12(3,4)5;1-6-7-8-9-10(2)11(3,4)5;1-6-8-9-10(7-2)11(3,4)5;1-6-7-8-9(2)10(3,4)5;1-6-7-8(2)9(3,4)5;1-6-7(2)8(3,4)5/h20H,6-19H2,1-5H3;13H,6-12H2,1-5H3;2*11H,6-10H2,1-5H3;2*10H,6-9H2,1-5H3;9H,6-8H2,1-5H3;8H,6-7H2,1-5H3;7H,6H2,1-5H3. The predicted molar refractivity (Wildman–Crippen MR) is 516 cm³/mol. The third kappa shape index (κ3) is 100. The molecule has 0 aromatic heterocycles. The Kier molecular flexibility index (Phi) is 88.5. The van der Waals surface area contributed by atoms with E-state index in [1.54, 1.807) is 0 Å². The summed E-state index contributed by atoms with van der Waals surface area (Å²) in [7, 11) is 0. The maximum atomic E-state index is 2.45. The normalized spacial score (nSPS) is 14.2. The average molecular weight is 1530 g/mol. The van der Waals surface area contributed by atoms with Gasteiger partial charge in [-0.1, -0.05) is 568 Å². The van der Waals surface area contributed by atoms with Gasteiger partial charge in [0, 0.05) is 0 Å². The second kappa shape index (κ2) is 75.7. The van der Waals surface area contributed by atoms with E-state index in [4.69, 9.17) is 0 Å². The zero-order chi connectivity index (χ0) is 86.5. The Morgan fingerprint density at radius 2 is 0.370 bits per heavy atom. The van der Waals surface area contributed by atoms with Crippen LogP contribution in [0.1, 0.15) is 601 Å². The van der Waals surface area contributed by atoms with Gasteiger partial charge >= 0.3 is 0 Å². The Morgan fingerprint density at radius 3 is 0.611 bits per heavy atom. The van der Waals surface area contributed by atoms with Gasteiger partial charge in [-0.2, -0.15) is 0 Å². The van der Waals surface area contributed by atoms with Crippen molar-refractivity contribution in [3.8, 4) is 0 Å². The number of hydrogen-bond donors (Lipinski definition) is 0. The second-order valence-electron chi connectivity index (χ2n) is 45.9. The van der Waals surface area contributed by atoms with E-state index in [0.717, 1.165) is 53.3 Å². The van der Waals surface area contributed by atoms with Crippen LogP contribution in [-0.4, -0.2) is 0 Å². The highest BCUT2D eigenvalue weighted by atomic mass is 14.3. The molecule has 0 saturated heterocycles. The molecule has 108 heavy (non-hydrogen) atoms. The van der Waals surface area contributed by atoms with Crippen molar-refractivity contribution in [2.45, 2.75) is 601 Å². The summed E-state index contributed by atoms with van der Waals surface area (Å²) in [5.74, 6) is 8.12. The Bertz CT molecular complexity index is 1650. The summed E-state index contributed by atoms with van der Waals surface area (Å²) in [4.78, 5) is 0. The molecule has 0 heterocycles. The van der Waals surface area contributed by atoms with E-state index in [0.29, 0.717) is 48.7 Å². The molecule has 7 atom stereocenters. The summed E-state index contributed by atoms with van der Waals surface area (Å²) in [6.07, 6.45) is 63.1. The third-order valence-corrected chi connectivity index (χ3v) is 25.4. The molecule has 0 saturated carbocycles. The first-order chi connectivity index (χ1) is 49.4. The van der Waals surface area contributed by atoms with E-state index in [2.05, 4.69) is 312 Å². The van der Waals surface area contributed by atoms with E-state index >= 15 is 0 Å². The van der Waals surface area contributed by atoms with Crippen LogP contribution in [0.2, 0.25) is 0 Å². The highest BCUT2D eigenvalue weighted by Crippen LogP contribution is 2.38. The SMILES string of the molecule is CCC(C)C(C)(C)C.CCCC(C)C(C)(C)C.CCCCC(C)C(C)(C)C.CCCCC(CC)C(C)(C)C.CCCCC(CC)CC(C)(C)C.CCCCC(CCCC)CC(C)(C)C.CCCCCC(C)C(C)(C)C.CCCCCCC(C)C(C)(C)C.CCCCCCCCC(CCCCCCCC)C(C)(C)C. The van der Waals surface area contributed by atoms with Crippen LogP contribution in [0.4, 0.5) is 0 Å². The minimum atomic E-state index is 0.506. The summed E-state index contributed by atoms with van der Waals surface area (Å²) in [6, 6.07) is 0. The van der Waals surface area contributed by atoms with Crippen LogP contribution in [0, 0.1) is 102 Å². The average Bonchev–Trinajstić information content (AvgIpc) is 0.889. The van der Waals surface area contributed by atoms with Crippen molar-refractivity contribution in [2.24, 2.45) is 102 Å². The van der Waals surface area contributed by atoms with E-state index < -0.39 is 0 Å². The molecule has 0 aromatic carbocycles. The van der Waals surface area contributed by atoms with Gasteiger partial charge in [-0.3, -0.25) is 0 Å². The Labute approximate surface area is 698 Å². The van der Waals surface area contributed by atoms with Crippen molar-refractivity contribution >= 4 is 0 Å². The Morgan fingerprint density at radius 1 is 0.157 bits per heavy atom. The van der Waals surface area contributed by atoms with Crippen molar-refractivity contribution in [1.82, 2.24) is 0 Å². The molecule has 0 aromatic rings. The lowest BCUT2D eigenvalue weighted by atomic mass is 9.75. The molecule has 0 N–H and O–H groups in total. The van der Waals surface area contributed by atoms with E-state index in [1.165, 1.54) is 289 Å². The summed E-state index contributed by atoms with van der Waals surface area (Å²) < 4.78 is 0. The van der Waals surface area contributed by atoms with Gasteiger partial charge in [0.2, 0.25) is 0 Å². The van der Waals surface area contributed by atoms with E-state index in [1.807, 2.05) is 0 Å². The highest BCUT2D eigenvalue weighted by Gasteiger charge is 2.26. The van der Waals surface area contributed by atoms with Crippen molar-refractivity contribution in [3.63, 3.8) is 0 Å². The second-order valence-corrected chi connectivity index (χ2v) is 45.9. The van der Waals surface area contributed by atoms with Crippen LogP contribution < -0.4 is 0 Å². The molecule has 0 rings (SSSR count). The molecule has 0 aliphatic heterocycles. The highest BCUT2D eigenvalue weighted by molar-refractivity contribution is 4.77. The van der Waals surface area contributed by atoms with Gasteiger partial charge in [0.15, 0.2) is 0 Å². The maximum absolute atomic E-state index is 2.45. The van der Waals surface area contributed by atoms with Crippen LogP contribution in [0.5, 0.6) is 0 Å². The number of rotatable bonds is 45. The zero-order valence-corrected chi connectivity index (χ0v) is 86.5. The third-order valence-electron chi connectivity index (χ3n) is 25.4. The van der Waals surface area contributed by atoms with Crippen LogP contribution in [-0.2, 0) is 0 Å². The topological polar surface area (TPSA) is 0 Å². The molecule has 0 fully saturated rings. The molecule has 666 valence electrons. The minimum Gasteiger partial charge on any atom is -0.0654 e. The first-order valence-corrected chi connectivity index (χ1v) is 49.4. The molecule has 7 unspecified atom stereocenters. The van der Waals surface area contributed by atoms with Crippen LogP contribution in [0.25, 0.3) is 0 Å². The Hall–Kier alpha value is 0. The zero-order valence-electron chi connectivity index (χ0n) is 86.5. The van der Waals surface area contributed by atoms with Gasteiger partial charge in [-0.25, -0.2) is 0 Å².